The summed E-state index contributed by atoms with van der Waals surface area (Å²) >= 11 is 8.42. The predicted molar refractivity (Wildman–Crippen MR) is 57.3 cm³/mol. The summed E-state index contributed by atoms with van der Waals surface area (Å²) in [5, 5.41) is 8.73. The Hall–Kier alpha value is 0.170. The lowest BCUT2D eigenvalue weighted by molar-refractivity contribution is -0.139. The van der Waals surface area contributed by atoms with E-state index in [0.717, 1.165) is 12.8 Å². The summed E-state index contributed by atoms with van der Waals surface area (Å²) in [4.78, 5) is 10.8. The van der Waals surface area contributed by atoms with Gasteiger partial charge in [0.15, 0.2) is 0 Å². The molecule has 0 saturated carbocycles. The zero-order valence-corrected chi connectivity index (χ0v) is 9.24. The van der Waals surface area contributed by atoms with Crippen molar-refractivity contribution in [1.29, 1.82) is 0 Å². The van der Waals surface area contributed by atoms with Gasteiger partial charge in [-0.3, -0.25) is 4.79 Å². The zero-order chi connectivity index (χ0) is 9.78. The molecule has 0 aliphatic carbocycles. The van der Waals surface area contributed by atoms with Crippen LogP contribution in [-0.2, 0) is 4.79 Å². The SMILES string of the molecule is CCCC(S)C(S)(CC)C(=O)O. The maximum absolute atomic E-state index is 10.8. The number of carbonyl (C=O) groups is 1. The van der Waals surface area contributed by atoms with Crippen molar-refractivity contribution >= 4 is 31.2 Å². The summed E-state index contributed by atoms with van der Waals surface area (Å²) in [6.07, 6.45) is 2.22. The van der Waals surface area contributed by atoms with Gasteiger partial charge in [0.25, 0.3) is 0 Å². The molecule has 0 amide bonds. The van der Waals surface area contributed by atoms with Crippen molar-refractivity contribution in [3.63, 3.8) is 0 Å². The molecule has 0 saturated heterocycles. The highest BCUT2D eigenvalue weighted by Gasteiger charge is 2.38. The third-order valence-electron chi connectivity index (χ3n) is 2.02. The molecule has 0 heterocycles. The molecule has 12 heavy (non-hydrogen) atoms. The highest BCUT2D eigenvalue weighted by atomic mass is 32.1. The Morgan fingerprint density at radius 1 is 1.58 bits per heavy atom. The van der Waals surface area contributed by atoms with E-state index in [9.17, 15) is 4.79 Å². The lowest BCUT2D eigenvalue weighted by atomic mass is 9.98. The van der Waals surface area contributed by atoms with Crippen molar-refractivity contribution < 1.29 is 9.90 Å². The van der Waals surface area contributed by atoms with Gasteiger partial charge < -0.3 is 5.11 Å². The van der Waals surface area contributed by atoms with Gasteiger partial charge in [-0.05, 0) is 12.8 Å². The van der Waals surface area contributed by atoms with Gasteiger partial charge in [-0.15, -0.1) is 0 Å². The van der Waals surface area contributed by atoms with E-state index < -0.39 is 10.7 Å². The minimum absolute atomic E-state index is 0.173. The molecule has 4 heteroatoms. The van der Waals surface area contributed by atoms with Crippen molar-refractivity contribution in [3.8, 4) is 0 Å². The number of aliphatic carboxylic acids is 1. The first-order chi connectivity index (χ1) is 5.49. The van der Waals surface area contributed by atoms with Crippen molar-refractivity contribution in [2.75, 3.05) is 0 Å². The topological polar surface area (TPSA) is 37.3 Å². The predicted octanol–water partition coefficient (Wildman–Crippen LogP) is 2.25. The van der Waals surface area contributed by atoms with Crippen LogP contribution in [0.2, 0.25) is 0 Å². The molecule has 0 aromatic rings. The summed E-state index contributed by atoms with van der Waals surface area (Å²) in [7, 11) is 0. The van der Waals surface area contributed by atoms with E-state index in [1.54, 1.807) is 0 Å². The van der Waals surface area contributed by atoms with Crippen molar-refractivity contribution in [3.05, 3.63) is 0 Å². The van der Waals surface area contributed by atoms with E-state index in [4.69, 9.17) is 5.11 Å². The fourth-order valence-electron chi connectivity index (χ4n) is 1.04. The third-order valence-corrected chi connectivity index (χ3v) is 3.74. The van der Waals surface area contributed by atoms with E-state index in [1.165, 1.54) is 0 Å². The molecule has 2 nitrogen and oxygen atoms in total. The number of thiol groups is 2. The fourth-order valence-corrected chi connectivity index (χ4v) is 1.72. The Bertz CT molecular complexity index is 161. The maximum Gasteiger partial charge on any atom is 0.320 e. The second kappa shape index (κ2) is 5.02. The van der Waals surface area contributed by atoms with Crippen LogP contribution in [0.4, 0.5) is 0 Å². The van der Waals surface area contributed by atoms with Crippen LogP contribution in [-0.4, -0.2) is 21.1 Å². The Labute approximate surface area is 84.6 Å². The first-order valence-corrected chi connectivity index (χ1v) is 5.09. The minimum Gasteiger partial charge on any atom is -0.480 e. The molecule has 72 valence electrons. The normalized spacial score (nSPS) is 18.3. The van der Waals surface area contributed by atoms with Gasteiger partial charge in [0.2, 0.25) is 0 Å². The zero-order valence-electron chi connectivity index (χ0n) is 7.45. The van der Waals surface area contributed by atoms with Crippen LogP contribution >= 0.6 is 25.3 Å². The monoisotopic (exact) mass is 208 g/mol. The molecular formula is C8H16O2S2. The van der Waals surface area contributed by atoms with E-state index in [0.29, 0.717) is 6.42 Å². The lowest BCUT2D eigenvalue weighted by Gasteiger charge is -2.28. The molecule has 0 fully saturated rings. The summed E-state index contributed by atoms with van der Waals surface area (Å²) in [5.41, 5.74) is 0. The lowest BCUT2D eigenvalue weighted by Crippen LogP contribution is -2.41. The third kappa shape index (κ3) is 2.59. The Morgan fingerprint density at radius 2 is 2.08 bits per heavy atom. The molecule has 0 aliphatic rings. The Morgan fingerprint density at radius 3 is 2.33 bits per heavy atom. The first kappa shape index (κ1) is 12.2. The molecule has 0 bridgehead atoms. The smallest absolute Gasteiger partial charge is 0.320 e. The minimum atomic E-state index is -0.973. The number of carboxylic acids is 1. The number of hydrogen-bond acceptors (Lipinski definition) is 3. The summed E-state index contributed by atoms with van der Waals surface area (Å²) in [6, 6.07) is 0. The molecule has 2 atom stereocenters. The average Bonchev–Trinajstić information content (AvgIpc) is 2.03. The number of carboxylic acid groups (broad SMARTS) is 1. The molecule has 2 unspecified atom stereocenters. The quantitative estimate of drug-likeness (QED) is 0.606. The van der Waals surface area contributed by atoms with E-state index in [2.05, 4.69) is 25.3 Å². The molecule has 0 aromatic heterocycles. The standard InChI is InChI=1S/C8H16O2S2/c1-3-5-6(11)8(12,4-2)7(9)10/h6,11-12H,3-5H2,1-2H3,(H,9,10). The average molecular weight is 208 g/mol. The number of hydrogen-bond donors (Lipinski definition) is 3. The largest absolute Gasteiger partial charge is 0.480 e. The molecule has 0 rings (SSSR count). The molecular weight excluding hydrogens is 192 g/mol. The van der Waals surface area contributed by atoms with E-state index in [-0.39, 0.29) is 5.25 Å². The summed E-state index contributed by atoms with van der Waals surface area (Å²) in [6.45, 7) is 3.83. The second-order valence-electron chi connectivity index (χ2n) is 2.89. The van der Waals surface area contributed by atoms with Gasteiger partial charge >= 0.3 is 5.97 Å². The van der Waals surface area contributed by atoms with Gasteiger partial charge in [0.05, 0.1) is 0 Å². The van der Waals surface area contributed by atoms with Crippen molar-refractivity contribution in [2.24, 2.45) is 0 Å². The van der Waals surface area contributed by atoms with Gasteiger partial charge in [0, 0.05) is 5.25 Å². The second-order valence-corrected chi connectivity index (χ2v) is 4.31. The van der Waals surface area contributed by atoms with Crippen LogP contribution < -0.4 is 0 Å². The van der Waals surface area contributed by atoms with Crippen LogP contribution in [0.1, 0.15) is 33.1 Å². The maximum atomic E-state index is 10.8. The van der Waals surface area contributed by atoms with Crippen LogP contribution in [0.3, 0.4) is 0 Å². The highest BCUT2D eigenvalue weighted by molar-refractivity contribution is 7.86. The van der Waals surface area contributed by atoms with Gasteiger partial charge in [-0.1, -0.05) is 20.3 Å². The van der Waals surface area contributed by atoms with Crippen LogP contribution in [0, 0.1) is 0 Å². The van der Waals surface area contributed by atoms with Gasteiger partial charge in [-0.25, -0.2) is 0 Å². The van der Waals surface area contributed by atoms with E-state index >= 15 is 0 Å². The number of rotatable bonds is 5. The van der Waals surface area contributed by atoms with Crippen LogP contribution in [0.5, 0.6) is 0 Å². The molecule has 0 spiro atoms. The van der Waals surface area contributed by atoms with Gasteiger partial charge in [-0.2, -0.15) is 25.3 Å². The highest BCUT2D eigenvalue weighted by Crippen LogP contribution is 2.30. The van der Waals surface area contributed by atoms with Crippen molar-refractivity contribution in [2.45, 2.75) is 43.1 Å². The summed E-state index contributed by atoms with van der Waals surface area (Å²) in [5.74, 6) is -0.873. The first-order valence-electron chi connectivity index (χ1n) is 4.12. The van der Waals surface area contributed by atoms with Crippen molar-refractivity contribution in [1.82, 2.24) is 0 Å². The van der Waals surface area contributed by atoms with Gasteiger partial charge in [0.1, 0.15) is 4.75 Å². The Kier molecular flexibility index (Phi) is 5.09. The molecule has 1 N–H and O–H groups in total. The Balaban J connectivity index is 4.39. The molecule has 0 aromatic carbocycles. The molecule has 0 radical (unpaired) electrons. The van der Waals surface area contributed by atoms with Crippen LogP contribution in [0.25, 0.3) is 0 Å². The van der Waals surface area contributed by atoms with E-state index in [1.807, 2.05) is 13.8 Å². The molecule has 0 aliphatic heterocycles. The fraction of sp³-hybridized carbons (Fsp3) is 0.875. The van der Waals surface area contributed by atoms with Crippen LogP contribution in [0.15, 0.2) is 0 Å². The summed E-state index contributed by atoms with van der Waals surface area (Å²) < 4.78 is -0.973.